The zero-order valence-corrected chi connectivity index (χ0v) is 21.2. The Labute approximate surface area is 225 Å². The molecule has 1 heterocycles. The second-order valence-electron chi connectivity index (χ2n) is 9.04. The number of nitrogens with zero attached hydrogens (tertiary/aromatic N) is 2. The second-order valence-corrected chi connectivity index (χ2v) is 9.48. The summed E-state index contributed by atoms with van der Waals surface area (Å²) in [6, 6.07) is 29.7. The number of aliphatic hydroxyl groups is 2. The van der Waals surface area contributed by atoms with E-state index in [2.05, 4.69) is 12.1 Å². The third-order valence-electron chi connectivity index (χ3n) is 6.86. The van der Waals surface area contributed by atoms with Gasteiger partial charge in [0.2, 0.25) is 0 Å². The number of aromatic nitrogens is 2. The Kier molecular flexibility index (Phi) is 6.45. The van der Waals surface area contributed by atoms with Crippen LogP contribution >= 0.6 is 11.6 Å². The number of ether oxygens (including phenoxy) is 2. The van der Waals surface area contributed by atoms with Gasteiger partial charge in [-0.15, -0.1) is 0 Å². The van der Waals surface area contributed by atoms with E-state index >= 15 is 0 Å². The molecule has 0 atom stereocenters. The van der Waals surface area contributed by atoms with Gasteiger partial charge in [-0.1, -0.05) is 60.1 Å². The molecule has 6 nitrogen and oxygen atoms in total. The highest BCUT2D eigenvalue weighted by atomic mass is 35.5. The van der Waals surface area contributed by atoms with Gasteiger partial charge >= 0.3 is 0 Å². The predicted molar refractivity (Wildman–Crippen MR) is 147 cm³/mol. The second kappa shape index (κ2) is 10.1. The van der Waals surface area contributed by atoms with Gasteiger partial charge in [0.1, 0.15) is 24.7 Å². The molecule has 0 radical (unpaired) electrons. The van der Waals surface area contributed by atoms with Crippen LogP contribution in [0.2, 0.25) is 5.02 Å². The first-order chi connectivity index (χ1) is 18.6. The van der Waals surface area contributed by atoms with Gasteiger partial charge in [0.15, 0.2) is 0 Å². The van der Waals surface area contributed by atoms with Crippen LogP contribution in [0.3, 0.4) is 0 Å². The fourth-order valence-electron chi connectivity index (χ4n) is 5.30. The smallest absolute Gasteiger partial charge is 0.119 e. The van der Waals surface area contributed by atoms with Crippen molar-refractivity contribution in [2.75, 3.05) is 26.4 Å². The molecule has 0 aliphatic heterocycles. The third-order valence-corrected chi connectivity index (χ3v) is 7.10. The van der Waals surface area contributed by atoms with Gasteiger partial charge in [-0.05, 0) is 59.2 Å². The van der Waals surface area contributed by atoms with E-state index in [4.69, 9.17) is 31.0 Å². The Hall–Kier alpha value is -3.97. The summed E-state index contributed by atoms with van der Waals surface area (Å²) in [5.74, 6) is 1.35. The Balaban J connectivity index is 1.63. The molecule has 0 unspecified atom stereocenters. The minimum atomic E-state index is -0.752. The Morgan fingerprint density at radius 3 is 1.89 bits per heavy atom. The van der Waals surface area contributed by atoms with E-state index in [0.29, 0.717) is 16.5 Å². The average Bonchev–Trinajstić information content (AvgIpc) is 3.24. The van der Waals surface area contributed by atoms with Crippen LogP contribution in [-0.2, 0) is 5.41 Å². The summed E-state index contributed by atoms with van der Waals surface area (Å²) >= 11 is 6.30. The number of aliphatic hydroxyl groups excluding tert-OH is 2. The summed E-state index contributed by atoms with van der Waals surface area (Å²) < 4.78 is 11.3. The van der Waals surface area contributed by atoms with Crippen LogP contribution in [0.25, 0.3) is 22.3 Å². The molecule has 2 N–H and O–H groups in total. The van der Waals surface area contributed by atoms with E-state index in [1.807, 2.05) is 78.9 Å². The maximum atomic E-state index is 9.17. The number of fused-ring (bicyclic) bond motifs is 4. The first-order valence-corrected chi connectivity index (χ1v) is 12.8. The normalized spacial score (nSPS) is 13.2. The van der Waals surface area contributed by atoms with Gasteiger partial charge in [-0.3, -0.25) is 0 Å². The molecule has 4 aromatic carbocycles. The standard InChI is InChI=1S/C31H25ClN2O4/c32-22-9-14-27-28(19-22)33-29-25-3-1-2-4-26(25)31(30(29)34-27,20-5-10-23(11-6-20)37-17-15-35)21-7-12-24(13-8-21)38-18-16-36/h1-14,19,35-36H,15-18H2. The predicted octanol–water partition coefficient (Wildman–Crippen LogP) is 5.39. The van der Waals surface area contributed by atoms with Crippen molar-refractivity contribution < 1.29 is 19.7 Å². The highest BCUT2D eigenvalue weighted by Crippen LogP contribution is 2.55. The van der Waals surface area contributed by atoms with E-state index in [-0.39, 0.29) is 26.4 Å². The van der Waals surface area contributed by atoms with Crippen LogP contribution < -0.4 is 9.47 Å². The van der Waals surface area contributed by atoms with Gasteiger partial charge in [0.05, 0.1) is 41.1 Å². The Morgan fingerprint density at radius 1 is 0.684 bits per heavy atom. The summed E-state index contributed by atoms with van der Waals surface area (Å²) in [4.78, 5) is 10.3. The molecule has 0 amide bonds. The molecule has 0 saturated carbocycles. The molecule has 0 fully saturated rings. The monoisotopic (exact) mass is 524 g/mol. The van der Waals surface area contributed by atoms with Crippen molar-refractivity contribution in [3.63, 3.8) is 0 Å². The van der Waals surface area contributed by atoms with Crippen LogP contribution in [0.1, 0.15) is 22.4 Å². The summed E-state index contributed by atoms with van der Waals surface area (Å²) in [6.45, 7) is 0.352. The van der Waals surface area contributed by atoms with Crippen molar-refractivity contribution in [2.45, 2.75) is 5.41 Å². The SMILES string of the molecule is OCCOc1ccc(C2(c3ccc(OCCO)cc3)c3ccccc3-c3nc4cc(Cl)ccc4nc32)cc1. The van der Waals surface area contributed by atoms with Gasteiger partial charge in [-0.2, -0.15) is 0 Å². The van der Waals surface area contributed by atoms with Crippen molar-refractivity contribution >= 4 is 22.6 Å². The van der Waals surface area contributed by atoms with Crippen LogP contribution in [0, 0.1) is 0 Å². The van der Waals surface area contributed by atoms with Crippen molar-refractivity contribution in [1.82, 2.24) is 9.97 Å². The van der Waals surface area contributed by atoms with E-state index in [9.17, 15) is 10.2 Å². The number of halogens is 1. The summed E-state index contributed by atoms with van der Waals surface area (Å²) in [7, 11) is 0. The van der Waals surface area contributed by atoms with Crippen LogP contribution in [0.15, 0.2) is 91.0 Å². The van der Waals surface area contributed by atoms with E-state index in [1.54, 1.807) is 0 Å². The molecule has 0 spiro atoms. The summed E-state index contributed by atoms with van der Waals surface area (Å²) in [5, 5.41) is 19.0. The summed E-state index contributed by atoms with van der Waals surface area (Å²) in [6.07, 6.45) is 0. The third kappa shape index (κ3) is 3.98. The zero-order valence-electron chi connectivity index (χ0n) is 20.5. The van der Waals surface area contributed by atoms with Crippen LogP contribution in [0.4, 0.5) is 0 Å². The minimum absolute atomic E-state index is 0.0518. The molecular weight excluding hydrogens is 500 g/mol. The molecule has 1 aliphatic rings. The molecule has 6 rings (SSSR count). The van der Waals surface area contributed by atoms with Gasteiger partial charge < -0.3 is 19.7 Å². The molecule has 5 aromatic rings. The lowest BCUT2D eigenvalue weighted by atomic mass is 9.69. The number of hydrogen-bond acceptors (Lipinski definition) is 6. The highest BCUT2D eigenvalue weighted by molar-refractivity contribution is 6.31. The Bertz CT molecular complexity index is 1550. The minimum Gasteiger partial charge on any atom is -0.491 e. The zero-order chi connectivity index (χ0) is 26.1. The largest absolute Gasteiger partial charge is 0.491 e. The van der Waals surface area contributed by atoms with Crippen LogP contribution in [-0.4, -0.2) is 46.6 Å². The van der Waals surface area contributed by atoms with Crippen molar-refractivity contribution in [2.24, 2.45) is 0 Å². The molecular formula is C31H25ClN2O4. The maximum Gasteiger partial charge on any atom is 0.119 e. The Morgan fingerprint density at radius 2 is 1.29 bits per heavy atom. The van der Waals surface area contributed by atoms with Crippen LogP contribution in [0.5, 0.6) is 11.5 Å². The van der Waals surface area contributed by atoms with Crippen molar-refractivity contribution in [1.29, 1.82) is 0 Å². The highest BCUT2D eigenvalue weighted by Gasteiger charge is 2.48. The molecule has 7 heteroatoms. The van der Waals surface area contributed by atoms with E-state index < -0.39 is 5.41 Å². The van der Waals surface area contributed by atoms with E-state index in [1.165, 1.54) is 0 Å². The molecule has 0 saturated heterocycles. The molecule has 1 aromatic heterocycles. The van der Waals surface area contributed by atoms with Crippen molar-refractivity contribution in [3.8, 4) is 22.8 Å². The lowest BCUT2D eigenvalue weighted by Crippen LogP contribution is -2.29. The average molecular weight is 525 g/mol. The number of hydrogen-bond donors (Lipinski definition) is 2. The number of benzene rings is 4. The fraction of sp³-hybridized carbons (Fsp3) is 0.161. The first-order valence-electron chi connectivity index (χ1n) is 12.4. The molecule has 0 bridgehead atoms. The van der Waals surface area contributed by atoms with Gasteiger partial charge in [0.25, 0.3) is 0 Å². The maximum absolute atomic E-state index is 9.17. The quantitative estimate of drug-likeness (QED) is 0.278. The molecule has 38 heavy (non-hydrogen) atoms. The lowest BCUT2D eigenvalue weighted by molar-refractivity contribution is 0.201. The van der Waals surface area contributed by atoms with Gasteiger partial charge in [-0.25, -0.2) is 9.97 Å². The summed E-state index contributed by atoms with van der Waals surface area (Å²) in [5.41, 5.74) is 6.50. The van der Waals surface area contributed by atoms with Gasteiger partial charge in [0, 0.05) is 10.6 Å². The fourth-order valence-corrected chi connectivity index (χ4v) is 5.47. The molecule has 1 aliphatic carbocycles. The topological polar surface area (TPSA) is 84.7 Å². The van der Waals surface area contributed by atoms with E-state index in [0.717, 1.165) is 44.7 Å². The lowest BCUT2D eigenvalue weighted by Gasteiger charge is -2.32. The first kappa shape index (κ1) is 24.4. The van der Waals surface area contributed by atoms with Crippen molar-refractivity contribution in [3.05, 3.63) is 118 Å². The number of rotatable bonds is 8. The molecule has 190 valence electrons.